The average Bonchev–Trinajstić information content (AvgIpc) is 2.42. The number of hydrogen-bond acceptors (Lipinski definition) is 2. The highest BCUT2D eigenvalue weighted by atomic mass is 35.5. The van der Waals surface area contributed by atoms with Gasteiger partial charge in [-0.15, -0.1) is 0 Å². The molecule has 0 bridgehead atoms. The normalized spacial score (nSPS) is 12.6. The van der Waals surface area contributed by atoms with Gasteiger partial charge in [-0.3, -0.25) is 10.1 Å². The van der Waals surface area contributed by atoms with Crippen molar-refractivity contribution in [2.24, 2.45) is 0 Å². The number of benzene rings is 1. The van der Waals surface area contributed by atoms with E-state index in [4.69, 9.17) is 11.6 Å². The van der Waals surface area contributed by atoms with Gasteiger partial charge in [-0.05, 0) is 13.0 Å². The molecular formula is C13H16ClF3N3O2+. The third kappa shape index (κ3) is 6.77. The molecule has 1 atom stereocenters. The number of imide groups is 1. The summed E-state index contributed by atoms with van der Waals surface area (Å²) in [5.41, 5.74) is 0.818. The van der Waals surface area contributed by atoms with Crippen LogP contribution in [0.5, 0.6) is 0 Å². The third-order valence-electron chi connectivity index (χ3n) is 2.75. The lowest BCUT2D eigenvalue weighted by atomic mass is 10.1. The fraction of sp³-hybridized carbons (Fsp3) is 0.385. The van der Waals surface area contributed by atoms with Crippen molar-refractivity contribution in [2.45, 2.75) is 19.1 Å². The molecule has 122 valence electrons. The van der Waals surface area contributed by atoms with Crippen LogP contribution in [0.2, 0.25) is 5.02 Å². The van der Waals surface area contributed by atoms with E-state index >= 15 is 0 Å². The first-order chi connectivity index (χ1) is 10.2. The number of quaternary nitrogens is 1. The minimum absolute atomic E-state index is 0.119. The van der Waals surface area contributed by atoms with Crippen LogP contribution in [0.1, 0.15) is 18.5 Å². The van der Waals surface area contributed by atoms with Crippen molar-refractivity contribution < 1.29 is 28.1 Å². The summed E-state index contributed by atoms with van der Waals surface area (Å²) >= 11 is 6.01. The first kappa shape index (κ1) is 18.2. The smallest absolute Gasteiger partial charge is 0.332 e. The summed E-state index contributed by atoms with van der Waals surface area (Å²) in [4.78, 5) is 22.6. The van der Waals surface area contributed by atoms with Crippen molar-refractivity contribution in [2.75, 3.05) is 13.1 Å². The number of amides is 3. The molecule has 0 unspecified atom stereocenters. The lowest BCUT2D eigenvalue weighted by Gasteiger charge is -2.12. The number of nitrogens with two attached hydrogens (primary N) is 1. The summed E-state index contributed by atoms with van der Waals surface area (Å²) in [5.74, 6) is -0.696. The van der Waals surface area contributed by atoms with Gasteiger partial charge in [0.2, 0.25) is 0 Å². The van der Waals surface area contributed by atoms with Gasteiger partial charge in [-0.2, -0.15) is 13.2 Å². The fourth-order valence-electron chi connectivity index (χ4n) is 1.66. The quantitative estimate of drug-likeness (QED) is 0.758. The largest absolute Gasteiger partial charge is 0.405 e. The topological polar surface area (TPSA) is 74.8 Å². The second kappa shape index (κ2) is 8.00. The molecule has 1 aromatic carbocycles. The summed E-state index contributed by atoms with van der Waals surface area (Å²) in [6.07, 6.45) is -4.52. The molecule has 0 saturated heterocycles. The molecule has 1 aromatic rings. The van der Waals surface area contributed by atoms with Crippen LogP contribution in [-0.4, -0.2) is 31.2 Å². The van der Waals surface area contributed by atoms with Gasteiger partial charge in [0.15, 0.2) is 6.54 Å². The van der Waals surface area contributed by atoms with Gasteiger partial charge in [0, 0.05) is 10.6 Å². The maximum absolute atomic E-state index is 11.9. The molecule has 0 aliphatic carbocycles. The molecular weight excluding hydrogens is 323 g/mol. The lowest BCUT2D eigenvalue weighted by molar-refractivity contribution is -0.682. The Balaban J connectivity index is 2.37. The van der Waals surface area contributed by atoms with Gasteiger partial charge in [0.25, 0.3) is 5.91 Å². The number of rotatable bonds is 5. The maximum atomic E-state index is 11.9. The van der Waals surface area contributed by atoms with E-state index in [1.807, 2.05) is 12.2 Å². The van der Waals surface area contributed by atoms with Gasteiger partial charge < -0.3 is 10.6 Å². The Labute approximate surface area is 130 Å². The zero-order valence-corrected chi connectivity index (χ0v) is 12.5. The van der Waals surface area contributed by atoms with Gasteiger partial charge in [-0.25, -0.2) is 4.79 Å². The van der Waals surface area contributed by atoms with E-state index < -0.39 is 24.7 Å². The van der Waals surface area contributed by atoms with Crippen LogP contribution in [0.15, 0.2) is 24.3 Å². The van der Waals surface area contributed by atoms with Crippen LogP contribution in [-0.2, 0) is 4.79 Å². The fourth-order valence-corrected chi connectivity index (χ4v) is 1.97. The monoisotopic (exact) mass is 338 g/mol. The molecule has 1 rings (SSSR count). The Kier molecular flexibility index (Phi) is 6.63. The van der Waals surface area contributed by atoms with Crippen LogP contribution in [0, 0.1) is 0 Å². The molecule has 22 heavy (non-hydrogen) atoms. The molecule has 5 nitrogen and oxygen atoms in total. The van der Waals surface area contributed by atoms with Crippen molar-refractivity contribution in [3.05, 3.63) is 34.9 Å². The van der Waals surface area contributed by atoms with Crippen molar-refractivity contribution in [3.63, 3.8) is 0 Å². The summed E-state index contributed by atoms with van der Waals surface area (Å²) < 4.78 is 35.7. The highest BCUT2D eigenvalue weighted by Crippen LogP contribution is 2.19. The van der Waals surface area contributed by atoms with Crippen LogP contribution < -0.4 is 16.0 Å². The first-order valence-corrected chi connectivity index (χ1v) is 6.79. The maximum Gasteiger partial charge on any atom is 0.405 e. The van der Waals surface area contributed by atoms with Crippen molar-refractivity contribution >= 4 is 23.5 Å². The zero-order valence-electron chi connectivity index (χ0n) is 11.7. The third-order valence-corrected chi connectivity index (χ3v) is 3.10. The van der Waals surface area contributed by atoms with Crippen molar-refractivity contribution in [3.8, 4) is 0 Å². The first-order valence-electron chi connectivity index (χ1n) is 6.41. The SMILES string of the molecule is C[C@@H]([NH2+]CC(=O)NC(=O)NCC(F)(F)F)c1ccccc1Cl. The van der Waals surface area contributed by atoms with Gasteiger partial charge >= 0.3 is 12.2 Å². The predicted molar refractivity (Wildman–Crippen MR) is 74.3 cm³/mol. The Morgan fingerprint density at radius 2 is 1.95 bits per heavy atom. The minimum Gasteiger partial charge on any atom is -0.332 e. The molecule has 9 heteroatoms. The van der Waals surface area contributed by atoms with Gasteiger partial charge in [-0.1, -0.05) is 29.8 Å². The lowest BCUT2D eigenvalue weighted by Crippen LogP contribution is -2.87. The van der Waals surface area contributed by atoms with Crippen LogP contribution in [0.25, 0.3) is 0 Å². The highest BCUT2D eigenvalue weighted by molar-refractivity contribution is 6.31. The Morgan fingerprint density at radius 3 is 2.55 bits per heavy atom. The molecule has 0 radical (unpaired) electrons. The molecule has 0 aliphatic heterocycles. The van der Waals surface area contributed by atoms with E-state index in [-0.39, 0.29) is 12.6 Å². The molecule has 0 heterocycles. The van der Waals surface area contributed by atoms with E-state index in [0.29, 0.717) is 5.02 Å². The van der Waals surface area contributed by atoms with Gasteiger partial charge in [0.05, 0.1) is 0 Å². The average molecular weight is 339 g/mol. The van der Waals surface area contributed by atoms with Crippen LogP contribution in [0.4, 0.5) is 18.0 Å². The second-order valence-electron chi connectivity index (χ2n) is 4.60. The van der Waals surface area contributed by atoms with Gasteiger partial charge in [0.1, 0.15) is 12.6 Å². The number of carbonyl (C=O) groups excluding carboxylic acids is 2. The number of alkyl halides is 3. The standard InChI is InChI=1S/C13H15ClF3N3O2/c1-8(9-4-2-3-5-10(9)14)18-6-11(21)20-12(22)19-7-13(15,16)17/h2-5,8,18H,6-7H2,1H3,(H2,19,20,21,22)/p+1/t8-/m1/s1. The second-order valence-corrected chi connectivity index (χ2v) is 5.00. The molecule has 3 amide bonds. The van der Waals surface area contributed by atoms with E-state index in [9.17, 15) is 22.8 Å². The minimum atomic E-state index is -4.52. The summed E-state index contributed by atoms with van der Waals surface area (Å²) in [5, 5.41) is 5.54. The van der Waals surface area contributed by atoms with Crippen LogP contribution in [0.3, 0.4) is 0 Å². The summed E-state index contributed by atoms with van der Waals surface area (Å²) in [6, 6.07) is 5.77. The summed E-state index contributed by atoms with van der Waals surface area (Å²) in [6.45, 7) is 0.204. The number of nitrogens with one attached hydrogen (secondary N) is 2. The number of hydrogen-bond donors (Lipinski definition) is 3. The Bertz CT molecular complexity index is 538. The number of carbonyl (C=O) groups is 2. The zero-order chi connectivity index (χ0) is 16.8. The van der Waals surface area contributed by atoms with Crippen molar-refractivity contribution in [1.82, 2.24) is 10.6 Å². The molecule has 0 spiro atoms. The molecule has 0 aliphatic rings. The molecule has 4 N–H and O–H groups in total. The highest BCUT2D eigenvalue weighted by Gasteiger charge is 2.28. The van der Waals surface area contributed by atoms with Crippen molar-refractivity contribution in [1.29, 1.82) is 0 Å². The Morgan fingerprint density at radius 1 is 1.32 bits per heavy atom. The van der Waals surface area contributed by atoms with Crippen LogP contribution >= 0.6 is 11.6 Å². The number of halogens is 4. The predicted octanol–water partition coefficient (Wildman–Crippen LogP) is 1.35. The van der Waals surface area contributed by atoms with E-state index in [1.165, 1.54) is 0 Å². The summed E-state index contributed by atoms with van der Waals surface area (Å²) in [7, 11) is 0. The molecule has 0 saturated carbocycles. The van der Waals surface area contributed by atoms with E-state index in [1.54, 1.807) is 34.9 Å². The molecule has 0 aromatic heterocycles. The Hall–Kier alpha value is -1.80. The van der Waals surface area contributed by atoms with E-state index in [0.717, 1.165) is 5.56 Å². The van der Waals surface area contributed by atoms with E-state index in [2.05, 4.69) is 0 Å². The molecule has 0 fully saturated rings. The number of urea groups is 1.